The molecule has 7 nitrogen and oxygen atoms in total. The molecule has 2 aromatic carbocycles. The Hall–Kier alpha value is -3.79. The van der Waals surface area contributed by atoms with Crippen LogP contribution in [0.2, 0.25) is 0 Å². The number of nitrogens with zero attached hydrogens (tertiary/aromatic N) is 1. The molecule has 0 heterocycles. The molecule has 0 aliphatic rings. The summed E-state index contributed by atoms with van der Waals surface area (Å²) in [7, 11) is 0. The van der Waals surface area contributed by atoms with Gasteiger partial charge in [0.15, 0.2) is 0 Å². The van der Waals surface area contributed by atoms with E-state index in [1.165, 1.54) is 0 Å². The molecular formula is C19H18N4O3. The maximum absolute atomic E-state index is 12.0. The van der Waals surface area contributed by atoms with E-state index in [-0.39, 0.29) is 16.9 Å². The van der Waals surface area contributed by atoms with Crippen molar-refractivity contribution in [3.05, 3.63) is 71.4 Å². The number of nitriles is 1. The van der Waals surface area contributed by atoms with E-state index in [9.17, 15) is 14.7 Å². The third kappa shape index (κ3) is 5.11. The fraction of sp³-hybridized carbons (Fsp3) is 0.105. The van der Waals surface area contributed by atoms with Crippen LogP contribution < -0.4 is 16.4 Å². The molecule has 0 bridgehead atoms. The van der Waals surface area contributed by atoms with Crippen molar-refractivity contribution in [2.45, 2.75) is 6.42 Å². The average Bonchev–Trinajstić information content (AvgIpc) is 2.64. The van der Waals surface area contributed by atoms with Crippen molar-refractivity contribution in [2.24, 2.45) is 0 Å². The van der Waals surface area contributed by atoms with Crippen LogP contribution in [0.5, 0.6) is 5.75 Å². The summed E-state index contributed by atoms with van der Waals surface area (Å²) in [5.41, 5.74) is 6.97. The minimum atomic E-state index is -0.590. The normalized spacial score (nSPS) is 10.7. The Kier molecular flexibility index (Phi) is 6.34. The van der Waals surface area contributed by atoms with E-state index in [1.807, 2.05) is 0 Å². The van der Waals surface area contributed by atoms with Crippen molar-refractivity contribution in [3.63, 3.8) is 0 Å². The lowest BCUT2D eigenvalue weighted by Gasteiger charge is -2.06. The highest BCUT2D eigenvalue weighted by Crippen LogP contribution is 2.10. The zero-order chi connectivity index (χ0) is 18.9. The number of phenolic OH excluding ortho intramolecular Hbond substituents is 1. The fourth-order valence-electron chi connectivity index (χ4n) is 2.15. The monoisotopic (exact) mass is 350 g/mol. The number of nitrogen functional groups attached to an aromatic ring is 1. The lowest BCUT2D eigenvalue weighted by Crippen LogP contribution is -2.28. The molecule has 0 atom stereocenters. The molecule has 0 aliphatic heterocycles. The average molecular weight is 350 g/mol. The van der Waals surface area contributed by atoms with Crippen molar-refractivity contribution in [2.75, 3.05) is 12.3 Å². The Balaban J connectivity index is 1.90. The third-order valence-electron chi connectivity index (χ3n) is 3.55. The molecule has 0 fully saturated rings. The predicted octanol–water partition coefficient (Wildman–Crippen LogP) is 1.47. The van der Waals surface area contributed by atoms with Crippen molar-refractivity contribution in [1.29, 1.82) is 5.26 Å². The number of hydrogen-bond acceptors (Lipinski definition) is 5. The van der Waals surface area contributed by atoms with Crippen LogP contribution in [-0.2, 0) is 11.2 Å². The summed E-state index contributed by atoms with van der Waals surface area (Å²) >= 11 is 0. The molecule has 0 aromatic heterocycles. The maximum atomic E-state index is 12.0. The second-order valence-corrected chi connectivity index (χ2v) is 5.40. The molecule has 26 heavy (non-hydrogen) atoms. The zero-order valence-electron chi connectivity index (χ0n) is 13.9. The smallest absolute Gasteiger partial charge is 0.263 e. The van der Waals surface area contributed by atoms with Gasteiger partial charge in [0, 0.05) is 18.4 Å². The molecule has 0 radical (unpaired) electrons. The van der Waals surface area contributed by atoms with Gasteiger partial charge in [-0.3, -0.25) is 9.59 Å². The van der Waals surface area contributed by atoms with Gasteiger partial charge in [-0.25, -0.2) is 0 Å². The minimum absolute atomic E-state index is 0.169. The summed E-state index contributed by atoms with van der Waals surface area (Å²) in [6.45, 7) is 0.308. The second-order valence-electron chi connectivity index (χ2n) is 5.40. The van der Waals surface area contributed by atoms with Gasteiger partial charge in [-0.2, -0.15) is 5.26 Å². The molecule has 2 amide bonds. The topological polar surface area (TPSA) is 128 Å². The Morgan fingerprint density at radius 2 is 1.85 bits per heavy atom. The summed E-state index contributed by atoms with van der Waals surface area (Å²) in [5.74, 6) is -0.928. The number of para-hydroxylation sites is 1. The number of nitrogens with two attached hydrogens (primary N) is 1. The molecular weight excluding hydrogens is 332 g/mol. The van der Waals surface area contributed by atoms with Gasteiger partial charge in [-0.05, 0) is 36.2 Å². The van der Waals surface area contributed by atoms with Crippen molar-refractivity contribution < 1.29 is 14.7 Å². The standard InChI is InChI=1S/C19H18N4O3/c20-11-14(12-23-19(26)16-3-1-2-4-17(16)21)18(25)22-10-9-13-5-7-15(24)8-6-13/h1-8,12,24H,9-10,21H2,(H,22,25)(H,23,26)/b14-12-. The number of rotatable bonds is 6. The van der Waals surface area contributed by atoms with Gasteiger partial charge in [0.25, 0.3) is 11.8 Å². The van der Waals surface area contributed by atoms with Gasteiger partial charge in [0.2, 0.25) is 0 Å². The first-order valence-electron chi connectivity index (χ1n) is 7.83. The first kappa shape index (κ1) is 18.5. The number of hydrogen-bond donors (Lipinski definition) is 4. The van der Waals surface area contributed by atoms with Crippen LogP contribution >= 0.6 is 0 Å². The van der Waals surface area contributed by atoms with E-state index in [2.05, 4.69) is 10.6 Å². The first-order valence-corrected chi connectivity index (χ1v) is 7.83. The van der Waals surface area contributed by atoms with E-state index in [0.717, 1.165) is 11.8 Å². The molecule has 2 rings (SSSR count). The van der Waals surface area contributed by atoms with E-state index in [4.69, 9.17) is 11.0 Å². The highest BCUT2D eigenvalue weighted by molar-refractivity contribution is 6.01. The van der Waals surface area contributed by atoms with Gasteiger partial charge in [0.1, 0.15) is 17.4 Å². The molecule has 7 heteroatoms. The number of nitrogens with one attached hydrogen (secondary N) is 2. The Morgan fingerprint density at radius 3 is 2.50 bits per heavy atom. The van der Waals surface area contributed by atoms with Gasteiger partial charge >= 0.3 is 0 Å². The fourth-order valence-corrected chi connectivity index (χ4v) is 2.15. The van der Waals surface area contributed by atoms with Crippen molar-refractivity contribution in [3.8, 4) is 11.8 Å². The van der Waals surface area contributed by atoms with Crippen LogP contribution in [0.3, 0.4) is 0 Å². The molecule has 2 aromatic rings. The number of aromatic hydroxyl groups is 1. The quantitative estimate of drug-likeness (QED) is 0.356. The number of benzene rings is 2. The largest absolute Gasteiger partial charge is 0.508 e. The molecule has 0 saturated carbocycles. The highest BCUT2D eigenvalue weighted by Gasteiger charge is 2.11. The second kappa shape index (κ2) is 8.89. The lowest BCUT2D eigenvalue weighted by molar-refractivity contribution is -0.117. The van der Waals surface area contributed by atoms with Crippen molar-refractivity contribution in [1.82, 2.24) is 10.6 Å². The maximum Gasteiger partial charge on any atom is 0.263 e. The van der Waals surface area contributed by atoms with Crippen LogP contribution in [-0.4, -0.2) is 23.5 Å². The Labute approximate surface area is 150 Å². The number of carbonyl (C=O) groups is 2. The molecule has 0 unspecified atom stereocenters. The molecule has 0 saturated heterocycles. The zero-order valence-corrected chi connectivity index (χ0v) is 13.9. The van der Waals surface area contributed by atoms with Gasteiger partial charge < -0.3 is 21.5 Å². The molecule has 0 spiro atoms. The van der Waals surface area contributed by atoms with E-state index < -0.39 is 11.8 Å². The molecule has 5 N–H and O–H groups in total. The van der Waals surface area contributed by atoms with Gasteiger partial charge in [-0.1, -0.05) is 24.3 Å². The Morgan fingerprint density at radius 1 is 1.15 bits per heavy atom. The Bertz CT molecular complexity index is 867. The number of anilines is 1. The van der Waals surface area contributed by atoms with E-state index in [1.54, 1.807) is 54.6 Å². The summed E-state index contributed by atoms with van der Waals surface area (Å²) < 4.78 is 0. The summed E-state index contributed by atoms with van der Waals surface area (Å²) in [6.07, 6.45) is 1.60. The van der Waals surface area contributed by atoms with Gasteiger partial charge in [0.05, 0.1) is 5.56 Å². The summed E-state index contributed by atoms with van der Waals surface area (Å²) in [4.78, 5) is 24.1. The summed E-state index contributed by atoms with van der Waals surface area (Å²) in [6, 6.07) is 14.8. The van der Waals surface area contributed by atoms with Crippen LogP contribution in [0.4, 0.5) is 5.69 Å². The molecule has 0 aliphatic carbocycles. The SMILES string of the molecule is N#C/C(=C/NC(=O)c1ccccc1N)C(=O)NCCc1ccc(O)cc1. The lowest BCUT2D eigenvalue weighted by atomic mass is 10.1. The number of carbonyl (C=O) groups excluding carboxylic acids is 2. The van der Waals surface area contributed by atoms with Crippen LogP contribution in [0.15, 0.2) is 60.3 Å². The van der Waals surface area contributed by atoms with Crippen LogP contribution in [0.1, 0.15) is 15.9 Å². The van der Waals surface area contributed by atoms with Crippen LogP contribution in [0.25, 0.3) is 0 Å². The summed E-state index contributed by atoms with van der Waals surface area (Å²) in [5, 5.41) is 23.3. The third-order valence-corrected chi connectivity index (χ3v) is 3.55. The van der Waals surface area contributed by atoms with E-state index in [0.29, 0.717) is 18.7 Å². The minimum Gasteiger partial charge on any atom is -0.508 e. The number of phenols is 1. The highest BCUT2D eigenvalue weighted by atomic mass is 16.3. The predicted molar refractivity (Wildman–Crippen MR) is 96.8 cm³/mol. The van der Waals surface area contributed by atoms with Gasteiger partial charge in [-0.15, -0.1) is 0 Å². The number of amides is 2. The van der Waals surface area contributed by atoms with Crippen LogP contribution in [0, 0.1) is 11.3 Å². The first-order chi connectivity index (χ1) is 12.5. The van der Waals surface area contributed by atoms with Crippen molar-refractivity contribution >= 4 is 17.5 Å². The molecule has 132 valence electrons. The van der Waals surface area contributed by atoms with E-state index >= 15 is 0 Å².